The smallest absolute Gasteiger partial charge is 0.454 e. The predicted molar refractivity (Wildman–Crippen MR) is 148 cm³/mol. The molecule has 1 aromatic rings. The molecule has 0 spiro atoms. The fourth-order valence-corrected chi connectivity index (χ4v) is 8.28. The number of phosphoric ester groups is 1. The van der Waals surface area contributed by atoms with Crippen molar-refractivity contribution in [1.82, 2.24) is 0 Å². The van der Waals surface area contributed by atoms with Crippen molar-refractivity contribution in [2.75, 3.05) is 18.9 Å². The van der Waals surface area contributed by atoms with Gasteiger partial charge in [-0.15, -0.1) is 17.8 Å². The van der Waals surface area contributed by atoms with Gasteiger partial charge in [0.05, 0.1) is 18.9 Å². The van der Waals surface area contributed by atoms with Crippen LogP contribution in [0.3, 0.4) is 0 Å². The lowest BCUT2D eigenvalue weighted by molar-refractivity contribution is -0.296. The molecular weight excluding hydrogens is 678 g/mol. The topological polar surface area (TPSA) is 320 Å². The Balaban J connectivity index is 1.74. The van der Waals surface area contributed by atoms with Gasteiger partial charge in [-0.25, -0.2) is 8.88 Å². The van der Waals surface area contributed by atoms with Crippen LogP contribution in [-0.2, 0) is 48.7 Å². The molecule has 0 bridgehead atoms. The van der Waals surface area contributed by atoms with E-state index < -0.39 is 100 Å². The SMILES string of the molecule is C#C[C@@]1(O)[C@H](O)[C@@H](COP(O)(=S)OP(=O)(O)OC2OC([C@@H](O)CO)C(O)C(O)C2OC(C)=O)O[C@H]1c1csc(C(N)=O)c1N. The predicted octanol–water partition coefficient (Wildman–Crippen LogP) is -3.31. The van der Waals surface area contributed by atoms with E-state index in [0.29, 0.717) is 0 Å². The van der Waals surface area contributed by atoms with E-state index in [-0.39, 0.29) is 16.1 Å². The van der Waals surface area contributed by atoms with Gasteiger partial charge in [0.1, 0.15) is 47.6 Å². The highest BCUT2D eigenvalue weighted by Crippen LogP contribution is 2.62. The van der Waals surface area contributed by atoms with Gasteiger partial charge in [0.2, 0.25) is 6.29 Å². The number of rotatable bonds is 12. The average molecular weight is 709 g/mol. The van der Waals surface area contributed by atoms with Crippen LogP contribution >= 0.6 is 25.9 Å². The summed E-state index contributed by atoms with van der Waals surface area (Å²) in [7, 11) is -5.58. The van der Waals surface area contributed by atoms with Gasteiger partial charge in [-0.3, -0.25) is 14.1 Å². The molecule has 2 saturated heterocycles. The van der Waals surface area contributed by atoms with Crippen molar-refractivity contribution in [1.29, 1.82) is 0 Å². The van der Waals surface area contributed by atoms with Gasteiger partial charge in [-0.2, -0.15) is 0 Å². The quantitative estimate of drug-likeness (QED) is 0.0577. The molecule has 12 atom stereocenters. The summed E-state index contributed by atoms with van der Waals surface area (Å²) in [5.41, 5.74) is 8.56. The number of anilines is 1. The molecule has 7 unspecified atom stereocenters. The summed E-state index contributed by atoms with van der Waals surface area (Å²) in [5.74, 6) is 0.0439. The Bertz CT molecular complexity index is 1370. The molecule has 1 amide bonds. The standard InChI is InChI=1S/C21H30N2O17P2S2/c1-3-21(31)17(29)10(37-18(21)8-6-44-16(11(8)22)19(23)30)5-35-42(34,43)40-41(32,33)39-20-15(36-7(2)25)13(28)12(27)14(38-20)9(26)4-24/h1,6,9-10,12-15,17-18,20,24,26-29,31H,4-5,22H2,2H3,(H2,23,30)(H,32,33)(H,34,43)/t9-,10+,12?,13?,14?,15?,17+,18-,20?,21+,42?/m0/s1. The minimum atomic E-state index is -5.58. The van der Waals surface area contributed by atoms with Gasteiger partial charge in [0.25, 0.3) is 5.91 Å². The van der Waals surface area contributed by atoms with Crippen LogP contribution < -0.4 is 11.5 Å². The van der Waals surface area contributed by atoms with E-state index >= 15 is 0 Å². The molecular formula is C21H30N2O17P2S2. The molecule has 3 heterocycles. The highest BCUT2D eigenvalue weighted by molar-refractivity contribution is 8.08. The van der Waals surface area contributed by atoms with Crippen LogP contribution in [0.1, 0.15) is 28.3 Å². The Hall–Kier alpha value is -1.64. The molecule has 23 heteroatoms. The molecule has 3 rings (SSSR count). The number of aliphatic hydroxyl groups excluding tert-OH is 5. The molecule has 1 aromatic heterocycles. The van der Waals surface area contributed by atoms with Gasteiger partial charge in [0, 0.05) is 12.5 Å². The second-order valence-corrected chi connectivity index (χ2v) is 14.7. The molecule has 0 aromatic carbocycles. The van der Waals surface area contributed by atoms with Gasteiger partial charge >= 0.3 is 20.5 Å². The number of aliphatic hydroxyl groups is 6. The minimum absolute atomic E-state index is 0.00508. The summed E-state index contributed by atoms with van der Waals surface area (Å²) in [6.45, 7) is -5.83. The summed E-state index contributed by atoms with van der Waals surface area (Å²) in [4.78, 5) is 43.7. The maximum absolute atomic E-state index is 12.8. The van der Waals surface area contributed by atoms with E-state index in [1.165, 1.54) is 5.38 Å². The van der Waals surface area contributed by atoms with E-state index in [1.807, 2.05) is 5.92 Å². The van der Waals surface area contributed by atoms with Crippen molar-refractivity contribution >= 4 is 55.2 Å². The van der Waals surface area contributed by atoms with Crippen molar-refractivity contribution in [2.45, 2.75) is 67.6 Å². The van der Waals surface area contributed by atoms with Gasteiger partial charge in [-0.1, -0.05) is 5.92 Å². The first-order chi connectivity index (χ1) is 20.3. The number of thiophene rings is 1. The molecule has 2 aliphatic heterocycles. The number of carbonyl (C=O) groups is 2. The van der Waals surface area contributed by atoms with Crippen LogP contribution in [0.5, 0.6) is 0 Å². The zero-order valence-electron chi connectivity index (χ0n) is 22.4. The molecule has 19 nitrogen and oxygen atoms in total. The fourth-order valence-electron chi connectivity index (χ4n) is 4.33. The Morgan fingerprint density at radius 2 is 1.91 bits per heavy atom. The molecule has 2 aliphatic rings. The number of hydrogen-bond acceptors (Lipinski definition) is 18. The Labute approximate surface area is 257 Å². The van der Waals surface area contributed by atoms with E-state index in [2.05, 4.69) is 4.31 Å². The zero-order chi connectivity index (χ0) is 33.4. The molecule has 0 aliphatic carbocycles. The highest BCUT2D eigenvalue weighted by Gasteiger charge is 2.57. The van der Waals surface area contributed by atoms with E-state index in [9.17, 15) is 54.6 Å². The highest BCUT2D eigenvalue weighted by atomic mass is 32.5. The Morgan fingerprint density at radius 1 is 1.27 bits per heavy atom. The second-order valence-electron chi connectivity index (χ2n) is 9.46. The van der Waals surface area contributed by atoms with E-state index in [0.717, 1.165) is 18.3 Å². The number of amides is 1. The Kier molecular flexibility index (Phi) is 11.7. The average Bonchev–Trinajstić information content (AvgIpc) is 3.42. The number of ether oxygens (including phenoxy) is 3. The number of primary amides is 1. The van der Waals surface area contributed by atoms with Crippen LogP contribution in [0, 0.1) is 12.3 Å². The summed E-state index contributed by atoms with van der Waals surface area (Å²) >= 11 is 5.55. The molecule has 2 fully saturated rings. The summed E-state index contributed by atoms with van der Waals surface area (Å²) in [5, 5.41) is 62.6. The zero-order valence-corrected chi connectivity index (χ0v) is 25.8. The first-order valence-corrected chi connectivity index (χ1v) is 17.1. The molecule has 0 saturated carbocycles. The van der Waals surface area contributed by atoms with Crippen molar-refractivity contribution in [2.24, 2.45) is 5.73 Å². The van der Waals surface area contributed by atoms with Crippen LogP contribution in [0.2, 0.25) is 0 Å². The lowest BCUT2D eigenvalue weighted by Crippen LogP contribution is -2.62. The second kappa shape index (κ2) is 14.0. The molecule has 44 heavy (non-hydrogen) atoms. The minimum Gasteiger partial charge on any atom is -0.454 e. The summed E-state index contributed by atoms with van der Waals surface area (Å²) in [6.07, 6.45) is -11.5. The maximum atomic E-state index is 12.8. The first kappa shape index (κ1) is 36.8. The number of esters is 1. The number of terminal acetylenes is 1. The van der Waals surface area contributed by atoms with Crippen LogP contribution in [-0.4, -0.2) is 120 Å². The normalized spacial score (nSPS) is 35.6. The van der Waals surface area contributed by atoms with Crippen LogP contribution in [0.15, 0.2) is 5.38 Å². The van der Waals surface area contributed by atoms with Gasteiger partial charge in [0.15, 0.2) is 11.7 Å². The summed E-state index contributed by atoms with van der Waals surface area (Å²) < 4.78 is 42.6. The third kappa shape index (κ3) is 7.83. The Morgan fingerprint density at radius 3 is 2.43 bits per heavy atom. The lowest BCUT2D eigenvalue weighted by atomic mass is 9.88. The molecule has 0 radical (unpaired) electrons. The van der Waals surface area contributed by atoms with Crippen molar-refractivity contribution in [3.63, 3.8) is 0 Å². The van der Waals surface area contributed by atoms with E-state index in [1.54, 1.807) is 0 Å². The molecule has 12 N–H and O–H groups in total. The fraction of sp³-hybridized carbons (Fsp3) is 0.619. The number of carbonyl (C=O) groups excluding carboxylic acids is 2. The maximum Gasteiger partial charge on any atom is 0.481 e. The van der Waals surface area contributed by atoms with E-state index in [4.69, 9.17) is 53.0 Å². The van der Waals surface area contributed by atoms with Crippen LogP contribution in [0.4, 0.5) is 5.69 Å². The number of nitrogen functional groups attached to an aromatic ring is 1. The van der Waals surface area contributed by atoms with Crippen LogP contribution in [0.25, 0.3) is 0 Å². The number of phosphoric acid groups is 1. The number of nitrogens with two attached hydrogens (primary N) is 2. The largest absolute Gasteiger partial charge is 0.481 e. The van der Waals surface area contributed by atoms with Gasteiger partial charge in [-0.05, 0) is 17.2 Å². The van der Waals surface area contributed by atoms with Crippen molar-refractivity contribution in [3.05, 3.63) is 15.8 Å². The first-order valence-electron chi connectivity index (χ1n) is 12.2. The van der Waals surface area contributed by atoms with Crippen molar-refractivity contribution in [3.8, 4) is 12.3 Å². The third-order valence-electron chi connectivity index (χ3n) is 6.41. The van der Waals surface area contributed by atoms with Crippen molar-refractivity contribution < 1.29 is 82.1 Å². The lowest BCUT2D eigenvalue weighted by Gasteiger charge is -2.42. The van der Waals surface area contributed by atoms with Gasteiger partial charge < -0.3 is 70.6 Å². The summed E-state index contributed by atoms with van der Waals surface area (Å²) in [6, 6.07) is 0. The molecule has 248 valence electrons. The third-order valence-corrected chi connectivity index (χ3v) is 11.0. The monoisotopic (exact) mass is 708 g/mol. The number of hydrogen-bond donors (Lipinski definition) is 10.